The molecule has 0 aromatic carbocycles. The van der Waals surface area contributed by atoms with E-state index in [2.05, 4.69) is 29.9 Å². The average molecular weight is 266 g/mol. The molecule has 1 unspecified atom stereocenters. The molecule has 0 fully saturated rings. The van der Waals surface area contributed by atoms with Crippen LogP contribution in [0, 0.1) is 11.3 Å². The lowest BCUT2D eigenvalue weighted by Gasteiger charge is -2.24. The van der Waals surface area contributed by atoms with Gasteiger partial charge in [0.1, 0.15) is 5.15 Å². The summed E-state index contributed by atoms with van der Waals surface area (Å²) in [4.78, 5) is 6.50. The number of hydrogen-bond acceptors (Lipinski definition) is 3. The first-order valence-electron chi connectivity index (χ1n) is 6.24. The standard InChI is InChI=1S/C14H20ClN3/c1-4-9-18(3)10-8-14(2,11-16)12-6-5-7-13(15)17-12/h5-7H,4,8-10H2,1-3H3. The molecule has 0 bridgehead atoms. The summed E-state index contributed by atoms with van der Waals surface area (Å²) < 4.78 is 0. The van der Waals surface area contributed by atoms with Gasteiger partial charge >= 0.3 is 0 Å². The summed E-state index contributed by atoms with van der Waals surface area (Å²) in [6.45, 7) is 6.00. The number of nitrogens with zero attached hydrogens (tertiary/aromatic N) is 3. The Labute approximate surface area is 114 Å². The van der Waals surface area contributed by atoms with Gasteiger partial charge < -0.3 is 4.90 Å². The van der Waals surface area contributed by atoms with Crippen molar-refractivity contribution in [2.24, 2.45) is 0 Å². The Balaban J connectivity index is 2.77. The summed E-state index contributed by atoms with van der Waals surface area (Å²) in [7, 11) is 2.08. The van der Waals surface area contributed by atoms with Gasteiger partial charge in [0, 0.05) is 0 Å². The van der Waals surface area contributed by atoms with Crippen molar-refractivity contribution in [1.82, 2.24) is 9.88 Å². The third kappa shape index (κ3) is 3.97. The minimum Gasteiger partial charge on any atom is -0.306 e. The monoisotopic (exact) mass is 265 g/mol. The Kier molecular flexibility index (Phi) is 5.58. The molecule has 1 aromatic rings. The number of pyridine rings is 1. The van der Waals surface area contributed by atoms with Crippen LogP contribution in [0.25, 0.3) is 0 Å². The fourth-order valence-corrected chi connectivity index (χ4v) is 2.03. The van der Waals surface area contributed by atoms with Gasteiger partial charge in [-0.2, -0.15) is 5.26 Å². The highest BCUT2D eigenvalue weighted by molar-refractivity contribution is 6.29. The topological polar surface area (TPSA) is 39.9 Å². The van der Waals surface area contributed by atoms with Crippen LogP contribution in [0.1, 0.15) is 32.4 Å². The molecule has 98 valence electrons. The number of hydrogen-bond donors (Lipinski definition) is 0. The van der Waals surface area contributed by atoms with Gasteiger partial charge in [0.2, 0.25) is 0 Å². The van der Waals surface area contributed by atoms with E-state index >= 15 is 0 Å². The van der Waals surface area contributed by atoms with Crippen LogP contribution in [0.15, 0.2) is 18.2 Å². The Bertz CT molecular complexity index is 427. The average Bonchev–Trinajstić information content (AvgIpc) is 2.36. The van der Waals surface area contributed by atoms with Crippen molar-refractivity contribution in [2.75, 3.05) is 20.1 Å². The molecule has 1 heterocycles. The molecule has 0 N–H and O–H groups in total. The minimum absolute atomic E-state index is 0.441. The number of aromatic nitrogens is 1. The van der Waals surface area contributed by atoms with Crippen LogP contribution in [0.2, 0.25) is 5.15 Å². The maximum absolute atomic E-state index is 9.42. The SMILES string of the molecule is CCCN(C)CCC(C)(C#N)c1cccc(Cl)n1. The highest BCUT2D eigenvalue weighted by Crippen LogP contribution is 2.26. The molecule has 0 aliphatic heterocycles. The van der Waals surface area contributed by atoms with Gasteiger partial charge in [-0.05, 0) is 52.0 Å². The predicted molar refractivity (Wildman–Crippen MR) is 74.6 cm³/mol. The summed E-state index contributed by atoms with van der Waals surface area (Å²) in [5.74, 6) is 0. The number of halogens is 1. The van der Waals surface area contributed by atoms with E-state index in [-0.39, 0.29) is 0 Å². The summed E-state index contributed by atoms with van der Waals surface area (Å²) in [6, 6.07) is 7.81. The molecule has 1 atom stereocenters. The van der Waals surface area contributed by atoms with Crippen LogP contribution in [0.3, 0.4) is 0 Å². The minimum atomic E-state index is -0.576. The van der Waals surface area contributed by atoms with E-state index in [1.54, 1.807) is 6.07 Å². The van der Waals surface area contributed by atoms with Crippen molar-refractivity contribution in [1.29, 1.82) is 5.26 Å². The van der Waals surface area contributed by atoms with Gasteiger partial charge in [0.05, 0.1) is 17.2 Å². The smallest absolute Gasteiger partial charge is 0.129 e. The van der Waals surface area contributed by atoms with Crippen LogP contribution < -0.4 is 0 Å². The van der Waals surface area contributed by atoms with Crippen LogP contribution in [-0.4, -0.2) is 30.0 Å². The zero-order valence-corrected chi connectivity index (χ0v) is 12.0. The normalized spacial score (nSPS) is 14.2. The van der Waals surface area contributed by atoms with E-state index in [1.165, 1.54) is 0 Å². The molecule has 0 spiro atoms. The molecule has 4 heteroatoms. The van der Waals surface area contributed by atoms with Crippen molar-refractivity contribution in [3.05, 3.63) is 29.0 Å². The van der Waals surface area contributed by atoms with E-state index in [4.69, 9.17) is 11.6 Å². The van der Waals surface area contributed by atoms with Crippen molar-refractivity contribution in [3.8, 4) is 6.07 Å². The lowest BCUT2D eigenvalue weighted by Crippen LogP contribution is -2.29. The maximum Gasteiger partial charge on any atom is 0.129 e. The second-order valence-corrected chi connectivity index (χ2v) is 5.23. The van der Waals surface area contributed by atoms with E-state index in [1.807, 2.05) is 19.1 Å². The van der Waals surface area contributed by atoms with Gasteiger partial charge in [-0.3, -0.25) is 0 Å². The molecule has 0 radical (unpaired) electrons. The first-order chi connectivity index (χ1) is 8.51. The van der Waals surface area contributed by atoms with Crippen molar-refractivity contribution in [3.63, 3.8) is 0 Å². The summed E-state index contributed by atoms with van der Waals surface area (Å²) >= 11 is 5.89. The lowest BCUT2D eigenvalue weighted by atomic mass is 9.84. The molecular formula is C14H20ClN3. The molecule has 1 aromatic heterocycles. The summed E-state index contributed by atoms with van der Waals surface area (Å²) in [5.41, 5.74) is 0.176. The van der Waals surface area contributed by atoms with E-state index < -0.39 is 5.41 Å². The molecule has 0 amide bonds. The molecular weight excluding hydrogens is 246 g/mol. The van der Waals surface area contributed by atoms with Gasteiger partial charge in [-0.1, -0.05) is 24.6 Å². The summed E-state index contributed by atoms with van der Waals surface area (Å²) in [5, 5.41) is 9.86. The molecule has 1 rings (SSSR count). The van der Waals surface area contributed by atoms with Gasteiger partial charge in [-0.15, -0.1) is 0 Å². The molecule has 0 saturated heterocycles. The quantitative estimate of drug-likeness (QED) is 0.742. The Morgan fingerprint density at radius 2 is 2.17 bits per heavy atom. The van der Waals surface area contributed by atoms with Crippen LogP contribution in [-0.2, 0) is 5.41 Å². The second kappa shape index (κ2) is 6.72. The van der Waals surface area contributed by atoms with Gasteiger partial charge in [0.25, 0.3) is 0 Å². The maximum atomic E-state index is 9.42. The largest absolute Gasteiger partial charge is 0.306 e. The third-order valence-electron chi connectivity index (χ3n) is 3.13. The van der Waals surface area contributed by atoms with Crippen molar-refractivity contribution < 1.29 is 0 Å². The zero-order valence-electron chi connectivity index (χ0n) is 11.3. The van der Waals surface area contributed by atoms with E-state index in [0.29, 0.717) is 5.15 Å². The fraction of sp³-hybridized carbons (Fsp3) is 0.571. The van der Waals surface area contributed by atoms with Crippen molar-refractivity contribution in [2.45, 2.75) is 32.1 Å². The Hall–Kier alpha value is -1.11. The highest BCUT2D eigenvalue weighted by Gasteiger charge is 2.28. The van der Waals surface area contributed by atoms with E-state index in [9.17, 15) is 5.26 Å². The molecule has 0 saturated carbocycles. The zero-order chi connectivity index (χ0) is 13.6. The second-order valence-electron chi connectivity index (χ2n) is 4.84. The Morgan fingerprint density at radius 3 is 2.72 bits per heavy atom. The molecule has 3 nitrogen and oxygen atoms in total. The van der Waals surface area contributed by atoms with Crippen molar-refractivity contribution >= 4 is 11.6 Å². The fourth-order valence-electron chi connectivity index (χ4n) is 1.86. The van der Waals surface area contributed by atoms with E-state index in [0.717, 1.165) is 31.6 Å². The highest BCUT2D eigenvalue weighted by atomic mass is 35.5. The lowest BCUT2D eigenvalue weighted by molar-refractivity contribution is 0.305. The summed E-state index contributed by atoms with van der Waals surface area (Å²) in [6.07, 6.45) is 1.88. The first-order valence-corrected chi connectivity index (χ1v) is 6.62. The third-order valence-corrected chi connectivity index (χ3v) is 3.34. The predicted octanol–water partition coefficient (Wildman–Crippen LogP) is 3.25. The molecule has 0 aliphatic carbocycles. The molecule has 0 aliphatic rings. The van der Waals surface area contributed by atoms with Crippen LogP contribution in [0.4, 0.5) is 0 Å². The van der Waals surface area contributed by atoms with Gasteiger partial charge in [0.15, 0.2) is 0 Å². The Morgan fingerprint density at radius 1 is 1.44 bits per heavy atom. The van der Waals surface area contributed by atoms with Gasteiger partial charge in [-0.25, -0.2) is 4.98 Å². The van der Waals surface area contributed by atoms with Crippen LogP contribution in [0.5, 0.6) is 0 Å². The first kappa shape index (κ1) is 14.9. The van der Waals surface area contributed by atoms with Crippen LogP contribution >= 0.6 is 11.6 Å². The number of nitriles is 1. The number of rotatable bonds is 6. The molecule has 18 heavy (non-hydrogen) atoms.